The Labute approximate surface area is 99.0 Å². The number of anilines is 1. The van der Waals surface area contributed by atoms with E-state index in [4.69, 9.17) is 0 Å². The van der Waals surface area contributed by atoms with Gasteiger partial charge in [0.1, 0.15) is 5.82 Å². The van der Waals surface area contributed by atoms with Crippen molar-refractivity contribution in [3.05, 3.63) is 18.1 Å². The maximum absolute atomic E-state index is 11.3. The summed E-state index contributed by atoms with van der Waals surface area (Å²) >= 11 is 0. The Morgan fingerprint density at radius 3 is 2.94 bits per heavy atom. The normalized spacial score (nSPS) is 17.1. The number of aliphatic hydroxyl groups excluding tert-OH is 1. The van der Waals surface area contributed by atoms with Crippen LogP contribution in [0.5, 0.6) is 0 Å². The number of hydrogen-bond donors (Lipinski definition) is 2. The highest BCUT2D eigenvalue weighted by Gasteiger charge is 2.36. The molecule has 6 heteroatoms. The summed E-state index contributed by atoms with van der Waals surface area (Å²) in [6.07, 6.45) is 4.38. The van der Waals surface area contributed by atoms with Crippen molar-refractivity contribution >= 4 is 11.8 Å². The van der Waals surface area contributed by atoms with Gasteiger partial charge in [0.25, 0.3) is 0 Å². The van der Waals surface area contributed by atoms with Crippen LogP contribution in [0.15, 0.2) is 12.3 Å². The van der Waals surface area contributed by atoms with E-state index in [9.17, 15) is 9.90 Å². The molecule has 0 aliphatic heterocycles. The fourth-order valence-electron chi connectivity index (χ4n) is 1.82. The van der Waals surface area contributed by atoms with Gasteiger partial charge in [0.15, 0.2) is 0 Å². The van der Waals surface area contributed by atoms with E-state index in [0.29, 0.717) is 5.82 Å². The summed E-state index contributed by atoms with van der Waals surface area (Å²) in [6, 6.07) is 1.67. The van der Waals surface area contributed by atoms with Crippen LogP contribution >= 0.6 is 0 Å². The van der Waals surface area contributed by atoms with Crippen LogP contribution in [-0.4, -0.2) is 40.3 Å². The van der Waals surface area contributed by atoms with Crippen LogP contribution in [-0.2, 0) is 4.74 Å². The van der Waals surface area contributed by atoms with E-state index < -0.39 is 5.97 Å². The number of methoxy groups -OCH3 is 1. The third-order valence-electron chi connectivity index (χ3n) is 3.03. The molecule has 1 aromatic rings. The molecular weight excluding hydrogens is 222 g/mol. The van der Waals surface area contributed by atoms with Gasteiger partial charge in [-0.05, 0) is 25.3 Å². The molecule has 0 amide bonds. The molecule has 0 atom stereocenters. The standard InChI is InChI=1S/C11H15N3O3/c1-17-10(16)9-12-6-3-8(13-9)14-11(7-15)4-2-5-11/h3,6,15H,2,4-5,7H2,1H3,(H,12,13,14). The van der Waals surface area contributed by atoms with Gasteiger partial charge in [0.2, 0.25) is 5.82 Å². The first-order valence-electron chi connectivity index (χ1n) is 5.49. The molecule has 92 valence electrons. The number of aliphatic hydroxyl groups is 1. The Balaban J connectivity index is 2.13. The van der Waals surface area contributed by atoms with E-state index in [1.54, 1.807) is 6.07 Å². The predicted molar refractivity (Wildman–Crippen MR) is 60.7 cm³/mol. The van der Waals surface area contributed by atoms with Crippen LogP contribution in [0.3, 0.4) is 0 Å². The fraction of sp³-hybridized carbons (Fsp3) is 0.545. The molecule has 1 aliphatic rings. The largest absolute Gasteiger partial charge is 0.463 e. The second-order valence-corrected chi connectivity index (χ2v) is 4.17. The topological polar surface area (TPSA) is 84.3 Å². The summed E-state index contributed by atoms with van der Waals surface area (Å²) in [5, 5.41) is 12.5. The van der Waals surface area contributed by atoms with Gasteiger partial charge in [-0.15, -0.1) is 0 Å². The summed E-state index contributed by atoms with van der Waals surface area (Å²) in [5.41, 5.74) is -0.290. The summed E-state index contributed by atoms with van der Waals surface area (Å²) < 4.78 is 4.55. The zero-order valence-corrected chi connectivity index (χ0v) is 9.64. The summed E-state index contributed by atoms with van der Waals surface area (Å²) in [5.74, 6) is -0.0145. The van der Waals surface area contributed by atoms with Crippen molar-refractivity contribution in [2.24, 2.45) is 0 Å². The van der Waals surface area contributed by atoms with E-state index >= 15 is 0 Å². The monoisotopic (exact) mass is 237 g/mol. The lowest BCUT2D eigenvalue weighted by Crippen LogP contribution is -2.48. The van der Waals surface area contributed by atoms with Gasteiger partial charge in [-0.3, -0.25) is 0 Å². The molecule has 1 fully saturated rings. The van der Waals surface area contributed by atoms with Gasteiger partial charge in [0, 0.05) is 6.20 Å². The number of carbonyl (C=O) groups is 1. The zero-order chi connectivity index (χ0) is 12.3. The zero-order valence-electron chi connectivity index (χ0n) is 9.64. The lowest BCUT2D eigenvalue weighted by Gasteiger charge is -2.41. The van der Waals surface area contributed by atoms with Gasteiger partial charge in [-0.1, -0.05) is 0 Å². The molecule has 0 spiro atoms. The van der Waals surface area contributed by atoms with Gasteiger partial charge in [0.05, 0.1) is 19.3 Å². The summed E-state index contributed by atoms with van der Waals surface area (Å²) in [4.78, 5) is 19.1. The van der Waals surface area contributed by atoms with Crippen molar-refractivity contribution in [1.29, 1.82) is 0 Å². The van der Waals surface area contributed by atoms with Crippen molar-refractivity contribution < 1.29 is 14.6 Å². The molecule has 1 saturated carbocycles. The molecule has 0 unspecified atom stereocenters. The predicted octanol–water partition coefficient (Wildman–Crippen LogP) is 0.590. The molecule has 0 aromatic carbocycles. The van der Waals surface area contributed by atoms with E-state index in [-0.39, 0.29) is 18.0 Å². The first-order valence-corrected chi connectivity index (χ1v) is 5.49. The molecule has 1 aliphatic carbocycles. The van der Waals surface area contributed by atoms with Crippen molar-refractivity contribution in [2.45, 2.75) is 24.8 Å². The minimum atomic E-state index is -0.569. The van der Waals surface area contributed by atoms with E-state index in [2.05, 4.69) is 20.0 Å². The number of nitrogens with one attached hydrogen (secondary N) is 1. The summed E-state index contributed by atoms with van der Waals surface area (Å²) in [7, 11) is 1.28. The molecule has 6 nitrogen and oxygen atoms in total. The second kappa shape index (κ2) is 4.67. The molecule has 17 heavy (non-hydrogen) atoms. The quantitative estimate of drug-likeness (QED) is 0.745. The Morgan fingerprint density at radius 2 is 2.41 bits per heavy atom. The number of hydrogen-bond acceptors (Lipinski definition) is 6. The SMILES string of the molecule is COC(=O)c1nccc(NC2(CO)CCC2)n1. The molecule has 0 saturated heterocycles. The first-order chi connectivity index (χ1) is 8.19. The molecule has 0 bridgehead atoms. The number of ether oxygens (including phenoxy) is 1. The van der Waals surface area contributed by atoms with Gasteiger partial charge >= 0.3 is 5.97 Å². The van der Waals surface area contributed by atoms with Crippen molar-refractivity contribution in [3.8, 4) is 0 Å². The van der Waals surface area contributed by atoms with Crippen LogP contribution in [0.1, 0.15) is 29.9 Å². The minimum absolute atomic E-state index is 0.0184. The van der Waals surface area contributed by atoms with Crippen LogP contribution in [0, 0.1) is 0 Å². The van der Waals surface area contributed by atoms with E-state index in [0.717, 1.165) is 19.3 Å². The Kier molecular flexibility index (Phi) is 3.23. The van der Waals surface area contributed by atoms with Crippen molar-refractivity contribution in [1.82, 2.24) is 9.97 Å². The van der Waals surface area contributed by atoms with Gasteiger partial charge < -0.3 is 15.2 Å². The summed E-state index contributed by atoms with van der Waals surface area (Å²) in [6.45, 7) is 0.0601. The maximum atomic E-state index is 11.3. The Bertz CT molecular complexity index is 413. The molecule has 0 radical (unpaired) electrons. The van der Waals surface area contributed by atoms with Crippen molar-refractivity contribution in [2.75, 3.05) is 19.0 Å². The average Bonchev–Trinajstić information content (AvgIpc) is 2.33. The number of rotatable bonds is 4. The lowest BCUT2D eigenvalue weighted by molar-refractivity contribution is 0.0586. The molecule has 1 heterocycles. The molecule has 2 rings (SSSR count). The van der Waals surface area contributed by atoms with Gasteiger partial charge in [-0.25, -0.2) is 14.8 Å². The first kappa shape index (κ1) is 11.8. The smallest absolute Gasteiger partial charge is 0.376 e. The fourth-order valence-corrected chi connectivity index (χ4v) is 1.82. The highest BCUT2D eigenvalue weighted by molar-refractivity contribution is 5.85. The maximum Gasteiger partial charge on any atom is 0.376 e. The average molecular weight is 237 g/mol. The minimum Gasteiger partial charge on any atom is -0.463 e. The third-order valence-corrected chi connectivity index (χ3v) is 3.03. The van der Waals surface area contributed by atoms with Crippen LogP contribution in [0.4, 0.5) is 5.82 Å². The third kappa shape index (κ3) is 2.36. The number of esters is 1. The van der Waals surface area contributed by atoms with Crippen molar-refractivity contribution in [3.63, 3.8) is 0 Å². The van der Waals surface area contributed by atoms with Crippen LogP contribution in [0.2, 0.25) is 0 Å². The second-order valence-electron chi connectivity index (χ2n) is 4.17. The molecule has 2 N–H and O–H groups in total. The number of carbonyl (C=O) groups excluding carboxylic acids is 1. The highest BCUT2D eigenvalue weighted by Crippen LogP contribution is 2.34. The lowest BCUT2D eigenvalue weighted by atomic mass is 9.77. The Morgan fingerprint density at radius 1 is 1.65 bits per heavy atom. The van der Waals surface area contributed by atoms with Gasteiger partial charge in [-0.2, -0.15) is 0 Å². The molecular formula is C11H15N3O3. The molecule has 1 aromatic heterocycles. The van der Waals surface area contributed by atoms with E-state index in [1.165, 1.54) is 13.3 Å². The van der Waals surface area contributed by atoms with Crippen LogP contribution < -0.4 is 5.32 Å². The number of nitrogens with zero attached hydrogens (tertiary/aromatic N) is 2. The van der Waals surface area contributed by atoms with E-state index in [1.807, 2.05) is 0 Å². The highest BCUT2D eigenvalue weighted by atomic mass is 16.5. The van der Waals surface area contributed by atoms with Crippen LogP contribution in [0.25, 0.3) is 0 Å². The Hall–Kier alpha value is -1.69. The number of aromatic nitrogens is 2.